The minimum atomic E-state index is 0.193. The minimum Gasteiger partial charge on any atom is -0.334 e. The number of hydrogen-bond donors (Lipinski definition) is 0. The van der Waals surface area contributed by atoms with E-state index in [-0.39, 0.29) is 5.91 Å². The molecule has 2 nitrogen and oxygen atoms in total. The summed E-state index contributed by atoms with van der Waals surface area (Å²) >= 11 is 2.25. The smallest absolute Gasteiger partial charge is 0.255 e. The van der Waals surface area contributed by atoms with Crippen molar-refractivity contribution in [3.05, 3.63) is 68.8 Å². The molecule has 0 atom stereocenters. The summed E-state index contributed by atoms with van der Waals surface area (Å²) in [5.41, 5.74) is 3.42. The Morgan fingerprint density at radius 2 is 1.85 bits per heavy atom. The molecular formula is C17H16INO. The first kappa shape index (κ1) is 13.6. The predicted octanol–water partition coefficient (Wildman–Crippen LogP) is 3.88. The van der Waals surface area contributed by atoms with Crippen molar-refractivity contribution in [2.24, 2.45) is 0 Å². The summed E-state index contributed by atoms with van der Waals surface area (Å²) in [6.45, 7) is 1.60. The Morgan fingerprint density at radius 1 is 1.05 bits per heavy atom. The molecule has 1 aliphatic rings. The van der Waals surface area contributed by atoms with Crippen molar-refractivity contribution in [3.8, 4) is 0 Å². The summed E-state index contributed by atoms with van der Waals surface area (Å²) in [7, 11) is 0. The largest absolute Gasteiger partial charge is 0.334 e. The second-order valence-electron chi connectivity index (χ2n) is 5.09. The Labute approximate surface area is 132 Å². The Hall–Kier alpha value is -1.36. The van der Waals surface area contributed by atoms with Gasteiger partial charge in [-0.3, -0.25) is 4.79 Å². The Morgan fingerprint density at radius 3 is 2.60 bits per heavy atom. The van der Waals surface area contributed by atoms with Gasteiger partial charge in [0.15, 0.2) is 0 Å². The highest BCUT2D eigenvalue weighted by atomic mass is 127. The van der Waals surface area contributed by atoms with Crippen molar-refractivity contribution in [1.82, 2.24) is 4.90 Å². The van der Waals surface area contributed by atoms with Crippen LogP contribution in [0, 0.1) is 3.57 Å². The van der Waals surface area contributed by atoms with Crippen LogP contribution in [-0.2, 0) is 13.0 Å². The van der Waals surface area contributed by atoms with Gasteiger partial charge in [-0.2, -0.15) is 0 Å². The average Bonchev–Trinajstić information content (AvgIpc) is 2.78. The fourth-order valence-corrected chi connectivity index (χ4v) is 3.46. The molecule has 3 heteroatoms. The first-order valence-electron chi connectivity index (χ1n) is 6.86. The maximum atomic E-state index is 12.4. The fraction of sp³-hybridized carbons (Fsp3) is 0.235. The van der Waals surface area contributed by atoms with Crippen molar-refractivity contribution in [1.29, 1.82) is 0 Å². The molecule has 0 unspecified atom stereocenters. The maximum Gasteiger partial charge on any atom is 0.255 e. The molecule has 102 valence electrons. The predicted molar refractivity (Wildman–Crippen MR) is 88.7 cm³/mol. The van der Waals surface area contributed by atoms with Crippen LogP contribution in [0.3, 0.4) is 0 Å². The summed E-state index contributed by atoms with van der Waals surface area (Å²) in [4.78, 5) is 14.3. The van der Waals surface area contributed by atoms with Crippen LogP contribution < -0.4 is 0 Å². The molecule has 0 N–H and O–H groups in total. The van der Waals surface area contributed by atoms with Crippen molar-refractivity contribution in [2.75, 3.05) is 6.54 Å². The van der Waals surface area contributed by atoms with Gasteiger partial charge < -0.3 is 4.90 Å². The van der Waals surface area contributed by atoms with Gasteiger partial charge in [0, 0.05) is 16.7 Å². The van der Waals surface area contributed by atoms with Crippen LogP contribution in [0.15, 0.2) is 48.5 Å². The Bertz CT molecular complexity index is 624. The zero-order valence-electron chi connectivity index (χ0n) is 11.2. The Balaban J connectivity index is 1.61. The molecule has 0 radical (unpaired) electrons. The van der Waals surface area contributed by atoms with E-state index in [1.165, 1.54) is 11.1 Å². The molecule has 0 fully saturated rings. The zero-order valence-corrected chi connectivity index (χ0v) is 13.3. The van der Waals surface area contributed by atoms with E-state index >= 15 is 0 Å². The summed E-state index contributed by atoms with van der Waals surface area (Å²) < 4.78 is 1.07. The van der Waals surface area contributed by atoms with E-state index in [1.807, 2.05) is 23.1 Å². The highest BCUT2D eigenvalue weighted by molar-refractivity contribution is 14.1. The van der Waals surface area contributed by atoms with Crippen molar-refractivity contribution >= 4 is 28.5 Å². The average molecular weight is 377 g/mol. The molecule has 1 amide bonds. The number of benzene rings is 2. The summed E-state index contributed by atoms with van der Waals surface area (Å²) in [5, 5.41) is 0. The highest BCUT2D eigenvalue weighted by Gasteiger charge is 2.28. The van der Waals surface area contributed by atoms with Crippen molar-refractivity contribution in [3.63, 3.8) is 0 Å². The lowest BCUT2D eigenvalue weighted by Gasteiger charge is -2.15. The van der Waals surface area contributed by atoms with E-state index in [4.69, 9.17) is 0 Å². The van der Waals surface area contributed by atoms with Crippen molar-refractivity contribution < 1.29 is 4.79 Å². The van der Waals surface area contributed by atoms with E-state index < -0.39 is 0 Å². The number of fused-ring (bicyclic) bond motifs is 1. The number of aryl methyl sites for hydroxylation is 1. The lowest BCUT2D eigenvalue weighted by Crippen LogP contribution is -2.25. The summed E-state index contributed by atoms with van der Waals surface area (Å²) in [5.74, 6) is 0.193. The van der Waals surface area contributed by atoms with Crippen LogP contribution >= 0.6 is 22.6 Å². The van der Waals surface area contributed by atoms with Gasteiger partial charge >= 0.3 is 0 Å². The van der Waals surface area contributed by atoms with Gasteiger partial charge in [-0.05, 0) is 52.6 Å². The standard InChI is InChI=1S/C17H16INO/c18-15-10-4-9-14-12-19(17(20)16(14)15)11-5-8-13-6-2-1-3-7-13/h1-4,6-7,9-10H,5,8,11-12H2. The molecular weight excluding hydrogens is 361 g/mol. The van der Waals surface area contributed by atoms with Crippen LogP contribution in [0.1, 0.15) is 27.9 Å². The lowest BCUT2D eigenvalue weighted by atomic mass is 10.1. The van der Waals surface area contributed by atoms with E-state index in [0.29, 0.717) is 0 Å². The monoisotopic (exact) mass is 377 g/mol. The van der Waals surface area contributed by atoms with Crippen LogP contribution in [0.25, 0.3) is 0 Å². The molecule has 1 aliphatic heterocycles. The van der Waals surface area contributed by atoms with Gasteiger partial charge in [-0.1, -0.05) is 42.5 Å². The normalized spacial score (nSPS) is 13.7. The molecule has 2 aromatic carbocycles. The topological polar surface area (TPSA) is 20.3 Å². The SMILES string of the molecule is O=C1c2c(I)cccc2CN1CCCc1ccccc1. The number of halogens is 1. The summed E-state index contributed by atoms with van der Waals surface area (Å²) in [6.07, 6.45) is 2.04. The molecule has 0 bridgehead atoms. The third-order valence-corrected chi connectivity index (χ3v) is 4.60. The molecule has 3 rings (SSSR count). The molecule has 0 aromatic heterocycles. The van der Waals surface area contributed by atoms with Gasteiger partial charge in [0.1, 0.15) is 0 Å². The fourth-order valence-electron chi connectivity index (χ4n) is 2.67. The highest BCUT2D eigenvalue weighted by Crippen LogP contribution is 2.27. The van der Waals surface area contributed by atoms with Gasteiger partial charge in [0.05, 0.1) is 5.56 Å². The van der Waals surface area contributed by atoms with Gasteiger partial charge in [0.2, 0.25) is 0 Å². The van der Waals surface area contributed by atoms with Gasteiger partial charge in [-0.25, -0.2) is 0 Å². The number of carbonyl (C=O) groups is 1. The first-order chi connectivity index (χ1) is 9.75. The first-order valence-corrected chi connectivity index (χ1v) is 7.94. The number of carbonyl (C=O) groups excluding carboxylic acids is 1. The zero-order chi connectivity index (χ0) is 13.9. The molecule has 0 saturated carbocycles. The molecule has 0 saturated heterocycles. The van der Waals surface area contributed by atoms with Gasteiger partial charge in [-0.15, -0.1) is 0 Å². The molecule has 2 aromatic rings. The van der Waals surface area contributed by atoms with E-state index in [9.17, 15) is 4.79 Å². The van der Waals surface area contributed by atoms with Gasteiger partial charge in [0.25, 0.3) is 5.91 Å². The van der Waals surface area contributed by atoms with E-state index in [2.05, 4.69) is 52.9 Å². The second-order valence-corrected chi connectivity index (χ2v) is 6.25. The lowest BCUT2D eigenvalue weighted by molar-refractivity contribution is 0.0776. The quantitative estimate of drug-likeness (QED) is 0.741. The van der Waals surface area contributed by atoms with Crippen molar-refractivity contribution in [2.45, 2.75) is 19.4 Å². The van der Waals surface area contributed by atoms with Crippen LogP contribution in [0.4, 0.5) is 0 Å². The molecule has 0 spiro atoms. The van der Waals surface area contributed by atoms with E-state index in [1.54, 1.807) is 0 Å². The van der Waals surface area contributed by atoms with Crippen LogP contribution in [0.2, 0.25) is 0 Å². The number of nitrogens with zero attached hydrogens (tertiary/aromatic N) is 1. The number of rotatable bonds is 4. The number of hydrogen-bond acceptors (Lipinski definition) is 1. The maximum absolute atomic E-state index is 12.4. The summed E-state index contributed by atoms with van der Waals surface area (Å²) in [6, 6.07) is 16.5. The molecule has 0 aliphatic carbocycles. The number of amides is 1. The van der Waals surface area contributed by atoms with Crippen LogP contribution in [0.5, 0.6) is 0 Å². The molecule has 1 heterocycles. The third kappa shape index (κ3) is 2.73. The molecule has 20 heavy (non-hydrogen) atoms. The second kappa shape index (κ2) is 5.95. The Kier molecular flexibility index (Phi) is 4.05. The minimum absolute atomic E-state index is 0.193. The third-order valence-electron chi connectivity index (χ3n) is 3.70. The van der Waals surface area contributed by atoms with Crippen LogP contribution in [-0.4, -0.2) is 17.4 Å². The van der Waals surface area contributed by atoms with E-state index in [0.717, 1.165) is 35.1 Å².